The second-order valence-corrected chi connectivity index (χ2v) is 10.9. The normalized spacial score (nSPS) is 11.0. The van der Waals surface area contributed by atoms with Gasteiger partial charge in [0.1, 0.15) is 11.5 Å². The van der Waals surface area contributed by atoms with E-state index < -0.39 is 9.84 Å². The van der Waals surface area contributed by atoms with Crippen LogP contribution in [-0.4, -0.2) is 52.9 Å². The zero-order valence-electron chi connectivity index (χ0n) is 22.2. The number of rotatable bonds is 19. The van der Waals surface area contributed by atoms with Crippen molar-refractivity contribution in [3.05, 3.63) is 71.6 Å². The molecule has 0 saturated carbocycles. The Morgan fingerprint density at radius 2 is 1.21 bits per heavy atom. The van der Waals surface area contributed by atoms with Gasteiger partial charge in [0.15, 0.2) is 9.84 Å². The van der Waals surface area contributed by atoms with Crippen molar-refractivity contribution in [2.75, 3.05) is 32.6 Å². The van der Waals surface area contributed by atoms with Gasteiger partial charge in [-0.2, -0.15) is 0 Å². The number of unbranched alkanes of at least 4 members (excludes halogenated alkanes) is 7. The molecule has 2 aromatic rings. The maximum absolute atomic E-state index is 12.1. The number of ether oxygens (including phenoxy) is 3. The van der Waals surface area contributed by atoms with Crippen molar-refractivity contribution in [3.63, 3.8) is 0 Å². The largest absolute Gasteiger partial charge is 0.494 e. The van der Waals surface area contributed by atoms with E-state index in [-0.39, 0.29) is 24.2 Å². The highest BCUT2D eigenvalue weighted by molar-refractivity contribution is 7.94. The average Bonchev–Trinajstić information content (AvgIpc) is 2.93. The van der Waals surface area contributed by atoms with Gasteiger partial charge in [-0.05, 0) is 61.4 Å². The summed E-state index contributed by atoms with van der Waals surface area (Å²) in [5.41, 5.74) is 0.968. The van der Waals surface area contributed by atoms with Crippen LogP contribution < -0.4 is 14.8 Å². The van der Waals surface area contributed by atoms with Crippen molar-refractivity contribution in [3.8, 4) is 11.5 Å². The van der Waals surface area contributed by atoms with Gasteiger partial charge in [-0.15, -0.1) is 0 Å². The zero-order chi connectivity index (χ0) is 27.6. The quantitative estimate of drug-likeness (QED) is 0.187. The Kier molecular flexibility index (Phi) is 14.0. The van der Waals surface area contributed by atoms with Crippen LogP contribution in [0.2, 0.25) is 0 Å². The highest BCUT2D eigenvalue weighted by atomic mass is 32.2. The van der Waals surface area contributed by atoms with Crippen LogP contribution in [0.15, 0.2) is 60.5 Å². The van der Waals surface area contributed by atoms with E-state index in [9.17, 15) is 18.0 Å². The van der Waals surface area contributed by atoms with E-state index in [1.54, 1.807) is 48.5 Å². The van der Waals surface area contributed by atoms with Crippen molar-refractivity contribution in [1.82, 2.24) is 5.32 Å². The second-order valence-electron chi connectivity index (χ2n) is 8.86. The van der Waals surface area contributed by atoms with E-state index in [2.05, 4.69) is 16.6 Å². The highest BCUT2D eigenvalue weighted by Gasteiger charge is 2.09. The molecule has 0 unspecified atom stereocenters. The van der Waals surface area contributed by atoms with Gasteiger partial charge in [-0.3, -0.25) is 4.79 Å². The van der Waals surface area contributed by atoms with Gasteiger partial charge < -0.3 is 19.5 Å². The molecule has 0 saturated heterocycles. The molecule has 0 bridgehead atoms. The minimum atomic E-state index is -3.33. The van der Waals surface area contributed by atoms with E-state index in [1.165, 1.54) is 32.8 Å². The fourth-order valence-electron chi connectivity index (χ4n) is 3.64. The topological polar surface area (TPSA) is 108 Å². The lowest BCUT2D eigenvalue weighted by Gasteiger charge is -2.08. The van der Waals surface area contributed by atoms with Gasteiger partial charge in [0, 0.05) is 17.5 Å². The van der Waals surface area contributed by atoms with Crippen LogP contribution in [0.5, 0.6) is 11.5 Å². The Balaban J connectivity index is 1.44. The van der Waals surface area contributed by atoms with E-state index in [0.29, 0.717) is 30.1 Å². The summed E-state index contributed by atoms with van der Waals surface area (Å²) in [6.45, 7) is 4.58. The fourth-order valence-corrected chi connectivity index (χ4v) is 4.20. The van der Waals surface area contributed by atoms with Crippen LogP contribution in [0.25, 0.3) is 0 Å². The Hall–Kier alpha value is -3.33. The molecule has 0 aliphatic carbocycles. The van der Waals surface area contributed by atoms with E-state index in [4.69, 9.17) is 9.47 Å². The smallest absolute Gasteiger partial charge is 0.337 e. The SMILES string of the molecule is C=CS(=O)(=O)CCNC(=O)c1ccc(OCCCCCCCCCCOc2ccc(C(=O)OC)cc2)cc1. The maximum atomic E-state index is 12.1. The molecule has 1 amide bonds. The number of hydrogen-bond donors (Lipinski definition) is 1. The predicted octanol–water partition coefficient (Wildman–Crippen LogP) is 5.34. The van der Waals surface area contributed by atoms with E-state index >= 15 is 0 Å². The van der Waals surface area contributed by atoms with Crippen LogP contribution in [-0.2, 0) is 14.6 Å². The number of methoxy groups -OCH3 is 1. The van der Waals surface area contributed by atoms with Gasteiger partial charge in [0.05, 0.1) is 31.6 Å². The van der Waals surface area contributed by atoms with Crippen molar-refractivity contribution < 1.29 is 32.2 Å². The molecule has 0 heterocycles. The second kappa shape index (κ2) is 17.2. The van der Waals surface area contributed by atoms with Gasteiger partial charge in [-0.25, -0.2) is 13.2 Å². The molecule has 208 valence electrons. The fraction of sp³-hybridized carbons (Fsp3) is 0.448. The van der Waals surface area contributed by atoms with Crippen LogP contribution >= 0.6 is 0 Å². The van der Waals surface area contributed by atoms with Crippen LogP contribution in [0.3, 0.4) is 0 Å². The number of benzene rings is 2. The third kappa shape index (κ3) is 12.3. The van der Waals surface area contributed by atoms with Crippen molar-refractivity contribution in [1.29, 1.82) is 0 Å². The zero-order valence-corrected chi connectivity index (χ0v) is 23.0. The minimum absolute atomic E-state index is 0.0373. The molecule has 8 nitrogen and oxygen atoms in total. The number of nitrogens with one attached hydrogen (secondary N) is 1. The first-order valence-electron chi connectivity index (χ1n) is 13.0. The van der Waals surface area contributed by atoms with Crippen LogP contribution in [0, 0.1) is 0 Å². The summed E-state index contributed by atoms with van der Waals surface area (Å²) in [5, 5.41) is 3.48. The molecule has 0 aliphatic heterocycles. The summed E-state index contributed by atoms with van der Waals surface area (Å²) in [6, 6.07) is 13.8. The Morgan fingerprint density at radius 1 is 0.763 bits per heavy atom. The van der Waals surface area contributed by atoms with Crippen LogP contribution in [0.1, 0.15) is 72.1 Å². The third-order valence-corrected chi connectivity index (χ3v) is 7.18. The van der Waals surface area contributed by atoms with Crippen molar-refractivity contribution >= 4 is 21.7 Å². The number of carbonyl (C=O) groups is 2. The first kappa shape index (κ1) is 30.9. The summed E-state index contributed by atoms with van der Waals surface area (Å²) in [4.78, 5) is 23.5. The van der Waals surface area contributed by atoms with Crippen molar-refractivity contribution in [2.24, 2.45) is 0 Å². The number of sulfone groups is 1. The predicted molar refractivity (Wildman–Crippen MR) is 148 cm³/mol. The van der Waals surface area contributed by atoms with Gasteiger partial charge in [0.25, 0.3) is 5.91 Å². The maximum Gasteiger partial charge on any atom is 0.337 e. The Morgan fingerprint density at radius 3 is 1.66 bits per heavy atom. The summed E-state index contributed by atoms with van der Waals surface area (Å²) in [5.74, 6) is 0.621. The summed E-state index contributed by atoms with van der Waals surface area (Å²) in [7, 11) is -1.96. The lowest BCUT2D eigenvalue weighted by Crippen LogP contribution is -2.28. The molecule has 2 aromatic carbocycles. The summed E-state index contributed by atoms with van der Waals surface area (Å²) in [6.07, 6.45) is 8.99. The monoisotopic (exact) mass is 545 g/mol. The van der Waals surface area contributed by atoms with Gasteiger partial charge in [0.2, 0.25) is 0 Å². The number of carbonyl (C=O) groups excluding carboxylic acids is 2. The molecule has 0 fully saturated rings. The molecular formula is C29H39NO7S. The Labute approximate surface area is 226 Å². The van der Waals surface area contributed by atoms with Crippen molar-refractivity contribution in [2.45, 2.75) is 51.4 Å². The molecule has 38 heavy (non-hydrogen) atoms. The van der Waals surface area contributed by atoms with E-state index in [1.807, 2.05) is 0 Å². The van der Waals surface area contributed by atoms with Gasteiger partial charge in [-0.1, -0.05) is 45.1 Å². The first-order chi connectivity index (χ1) is 18.3. The molecule has 1 N–H and O–H groups in total. The number of esters is 1. The molecular weight excluding hydrogens is 506 g/mol. The lowest BCUT2D eigenvalue weighted by molar-refractivity contribution is 0.0600. The molecule has 0 aromatic heterocycles. The average molecular weight is 546 g/mol. The first-order valence-corrected chi connectivity index (χ1v) is 14.7. The molecule has 2 rings (SSSR count). The molecule has 9 heteroatoms. The Bertz CT molecular complexity index is 1100. The van der Waals surface area contributed by atoms with Gasteiger partial charge >= 0.3 is 5.97 Å². The number of hydrogen-bond acceptors (Lipinski definition) is 7. The lowest BCUT2D eigenvalue weighted by atomic mass is 10.1. The summed E-state index contributed by atoms with van der Waals surface area (Å²) >= 11 is 0. The third-order valence-electron chi connectivity index (χ3n) is 5.89. The molecule has 0 radical (unpaired) electrons. The molecule has 0 aliphatic rings. The molecule has 0 spiro atoms. The molecule has 0 atom stereocenters. The highest BCUT2D eigenvalue weighted by Crippen LogP contribution is 2.15. The summed E-state index contributed by atoms with van der Waals surface area (Å²) < 4.78 is 38.9. The van der Waals surface area contributed by atoms with E-state index in [0.717, 1.165) is 36.8 Å². The minimum Gasteiger partial charge on any atom is -0.494 e. The van der Waals surface area contributed by atoms with Crippen LogP contribution in [0.4, 0.5) is 0 Å². The standard InChI is InChI=1S/C29H39NO7S/c1-3-38(33,34)23-20-30-28(31)24-12-16-26(17-13-24)36-21-10-8-6-4-5-7-9-11-22-37-27-18-14-25(15-19-27)29(32)35-2/h3,12-19H,1,4-11,20-23H2,2H3,(H,30,31). The number of amides is 1.